The number of halogens is 2. The van der Waals surface area contributed by atoms with Gasteiger partial charge in [0.25, 0.3) is 5.91 Å². The lowest BCUT2D eigenvalue weighted by molar-refractivity contribution is 0.0755. The summed E-state index contributed by atoms with van der Waals surface area (Å²) in [5, 5.41) is 0. The van der Waals surface area contributed by atoms with Crippen LogP contribution in [0.5, 0.6) is 0 Å². The molecule has 176 valence electrons. The molecule has 0 radical (unpaired) electrons. The lowest BCUT2D eigenvalue weighted by Gasteiger charge is -2.21. The molecule has 4 nitrogen and oxygen atoms in total. The molecule has 1 amide bonds. The van der Waals surface area contributed by atoms with E-state index in [2.05, 4.69) is 23.8 Å². The predicted octanol–water partition coefficient (Wildman–Crippen LogP) is 6.61. The largest absolute Gasteiger partial charge is 0.339 e. The summed E-state index contributed by atoms with van der Waals surface area (Å²) in [6.07, 6.45) is 4.73. The fourth-order valence-electron chi connectivity index (χ4n) is 4.40. The molecule has 2 heterocycles. The van der Waals surface area contributed by atoms with Crippen molar-refractivity contribution in [3.63, 3.8) is 0 Å². The van der Waals surface area contributed by atoms with Gasteiger partial charge in [-0.05, 0) is 55.5 Å². The van der Waals surface area contributed by atoms with Crippen molar-refractivity contribution in [2.75, 3.05) is 13.1 Å². The number of hydrogen-bond acceptors (Lipinski definition) is 3. The zero-order valence-corrected chi connectivity index (χ0v) is 19.6. The van der Waals surface area contributed by atoms with Crippen LogP contribution in [0.15, 0.2) is 65.8 Å². The second kappa shape index (κ2) is 10.7. The monoisotopic (exact) mass is 461 g/mol. The highest BCUT2D eigenvalue weighted by Crippen LogP contribution is 2.33. The Bertz CT molecular complexity index is 1150. The van der Waals surface area contributed by atoms with Crippen molar-refractivity contribution in [3.8, 4) is 11.3 Å². The highest BCUT2D eigenvalue weighted by atomic mass is 19.1. The van der Waals surface area contributed by atoms with Crippen LogP contribution in [-0.4, -0.2) is 34.6 Å². The molecule has 1 atom stereocenters. The Morgan fingerprint density at radius 1 is 0.971 bits per heavy atom. The van der Waals surface area contributed by atoms with Gasteiger partial charge in [-0.2, -0.15) is 0 Å². The van der Waals surface area contributed by atoms with Gasteiger partial charge in [0.15, 0.2) is 0 Å². The van der Waals surface area contributed by atoms with Gasteiger partial charge < -0.3 is 4.90 Å². The Morgan fingerprint density at radius 3 is 2.24 bits per heavy atom. The fraction of sp³-hybridized carbons (Fsp3) is 0.321. The van der Waals surface area contributed by atoms with Crippen LogP contribution < -0.4 is 0 Å². The number of carbonyl (C=O) groups excluding carboxylic acids is 1. The highest BCUT2D eigenvalue weighted by molar-refractivity contribution is 6.02. The number of pyridine rings is 1. The summed E-state index contributed by atoms with van der Waals surface area (Å²) in [6.45, 7) is 5.61. The Labute approximate surface area is 199 Å². The van der Waals surface area contributed by atoms with Gasteiger partial charge in [-0.1, -0.05) is 44.2 Å². The van der Waals surface area contributed by atoms with Gasteiger partial charge in [-0.25, -0.2) is 8.78 Å². The van der Waals surface area contributed by atoms with E-state index in [0.29, 0.717) is 24.1 Å². The van der Waals surface area contributed by atoms with E-state index in [1.165, 1.54) is 18.2 Å². The fourth-order valence-corrected chi connectivity index (χ4v) is 4.40. The van der Waals surface area contributed by atoms with Crippen LogP contribution in [0.1, 0.15) is 67.1 Å². The Balaban J connectivity index is 1.48. The van der Waals surface area contributed by atoms with Gasteiger partial charge in [0.1, 0.15) is 11.6 Å². The maximum Gasteiger partial charge on any atom is 0.255 e. The summed E-state index contributed by atoms with van der Waals surface area (Å²) in [5.74, 6) is -1.13. The van der Waals surface area contributed by atoms with Gasteiger partial charge in [-0.15, -0.1) is 0 Å². The zero-order valence-electron chi connectivity index (χ0n) is 19.6. The van der Waals surface area contributed by atoms with Crippen molar-refractivity contribution >= 4 is 11.6 Å². The molecule has 4 rings (SSSR count). The number of aromatic nitrogens is 1. The first-order valence-electron chi connectivity index (χ1n) is 11.9. The number of rotatable bonds is 8. The van der Waals surface area contributed by atoms with Crippen molar-refractivity contribution in [2.45, 2.75) is 45.6 Å². The quantitative estimate of drug-likeness (QED) is 0.379. The van der Waals surface area contributed by atoms with E-state index in [0.717, 1.165) is 42.8 Å². The summed E-state index contributed by atoms with van der Waals surface area (Å²) in [7, 11) is 0. The third kappa shape index (κ3) is 5.06. The Kier molecular flexibility index (Phi) is 7.46. The van der Waals surface area contributed by atoms with Crippen molar-refractivity contribution in [2.24, 2.45) is 4.99 Å². The molecule has 0 aliphatic carbocycles. The lowest BCUT2D eigenvalue weighted by Crippen LogP contribution is -2.32. The summed E-state index contributed by atoms with van der Waals surface area (Å²) in [4.78, 5) is 23.8. The van der Waals surface area contributed by atoms with E-state index >= 15 is 0 Å². The van der Waals surface area contributed by atoms with Crippen LogP contribution in [0.2, 0.25) is 0 Å². The molecule has 3 aromatic rings. The highest BCUT2D eigenvalue weighted by Gasteiger charge is 2.24. The molecule has 0 N–H and O–H groups in total. The second-order valence-corrected chi connectivity index (χ2v) is 8.57. The standard InChI is InChI=1S/C28H29F2N3O/c1-3-16-33(17-4-2)28(34)21-12-13-24(31-18-21)19-8-10-20(11-9-19)25-14-15-26(32-25)27-22(29)6-5-7-23(27)30/h5-13,18,25H,3-4,14-17H2,1-2H3. The minimum Gasteiger partial charge on any atom is -0.339 e. The van der Waals surface area contributed by atoms with Crippen LogP contribution in [0.25, 0.3) is 11.3 Å². The molecule has 1 aromatic heterocycles. The number of nitrogens with zero attached hydrogens (tertiary/aromatic N) is 3. The smallest absolute Gasteiger partial charge is 0.255 e. The van der Waals surface area contributed by atoms with Crippen LogP contribution in [0.3, 0.4) is 0 Å². The van der Waals surface area contributed by atoms with Crippen LogP contribution in [-0.2, 0) is 0 Å². The molecule has 6 heteroatoms. The normalized spacial score (nSPS) is 15.3. The maximum absolute atomic E-state index is 14.1. The maximum atomic E-state index is 14.1. The molecule has 1 aliphatic heterocycles. The number of aliphatic imine (C=N–C) groups is 1. The van der Waals surface area contributed by atoms with Crippen molar-refractivity contribution < 1.29 is 13.6 Å². The molecule has 1 aliphatic rings. The van der Waals surface area contributed by atoms with E-state index in [1.807, 2.05) is 41.3 Å². The third-order valence-electron chi connectivity index (χ3n) is 6.09. The minimum atomic E-state index is -0.574. The van der Waals surface area contributed by atoms with Crippen molar-refractivity contribution in [3.05, 3.63) is 89.1 Å². The first-order valence-corrected chi connectivity index (χ1v) is 11.9. The van der Waals surface area contributed by atoms with Crippen LogP contribution in [0.4, 0.5) is 8.78 Å². The van der Waals surface area contributed by atoms with Crippen molar-refractivity contribution in [1.29, 1.82) is 0 Å². The second-order valence-electron chi connectivity index (χ2n) is 8.57. The van der Waals surface area contributed by atoms with E-state index in [9.17, 15) is 13.6 Å². The molecule has 0 saturated carbocycles. The molecule has 34 heavy (non-hydrogen) atoms. The van der Waals surface area contributed by atoms with Gasteiger partial charge in [0.05, 0.1) is 22.9 Å². The SMILES string of the molecule is CCCN(CCC)C(=O)c1ccc(-c2ccc(C3CCC(c4c(F)cccc4F)=N3)cc2)nc1. The summed E-state index contributed by atoms with van der Waals surface area (Å²) in [5.41, 5.74) is 3.77. The first kappa shape index (κ1) is 23.7. The van der Waals surface area contributed by atoms with Crippen LogP contribution in [0, 0.1) is 11.6 Å². The number of hydrogen-bond donors (Lipinski definition) is 0. The molecular weight excluding hydrogens is 432 g/mol. The van der Waals surface area contributed by atoms with Crippen molar-refractivity contribution in [1.82, 2.24) is 9.88 Å². The Morgan fingerprint density at radius 2 is 1.65 bits per heavy atom. The van der Waals surface area contributed by atoms with Gasteiger partial charge in [-0.3, -0.25) is 14.8 Å². The summed E-state index contributed by atoms with van der Waals surface area (Å²) in [6, 6.07) is 15.4. The number of benzene rings is 2. The van der Waals surface area contributed by atoms with E-state index in [-0.39, 0.29) is 17.5 Å². The molecule has 2 aromatic carbocycles. The summed E-state index contributed by atoms with van der Waals surface area (Å²) >= 11 is 0. The molecule has 0 spiro atoms. The number of carbonyl (C=O) groups is 1. The topological polar surface area (TPSA) is 45.6 Å². The molecule has 1 unspecified atom stereocenters. The van der Waals surface area contributed by atoms with E-state index < -0.39 is 11.6 Å². The minimum absolute atomic E-state index is 0.0132. The average Bonchev–Trinajstić information content (AvgIpc) is 3.33. The third-order valence-corrected chi connectivity index (χ3v) is 6.09. The lowest BCUT2D eigenvalue weighted by atomic mass is 10.0. The van der Waals surface area contributed by atoms with E-state index in [4.69, 9.17) is 0 Å². The van der Waals surface area contributed by atoms with Gasteiger partial charge in [0.2, 0.25) is 0 Å². The number of amides is 1. The Hall–Kier alpha value is -3.41. The van der Waals surface area contributed by atoms with Gasteiger partial charge >= 0.3 is 0 Å². The van der Waals surface area contributed by atoms with E-state index in [1.54, 1.807) is 6.20 Å². The molecule has 0 fully saturated rings. The first-order chi connectivity index (χ1) is 16.5. The predicted molar refractivity (Wildman–Crippen MR) is 131 cm³/mol. The van der Waals surface area contributed by atoms with Gasteiger partial charge in [0, 0.05) is 30.6 Å². The molecule has 0 bridgehead atoms. The molecule has 0 saturated heterocycles. The zero-order chi connectivity index (χ0) is 24.1. The van der Waals surface area contributed by atoms with Crippen LogP contribution >= 0.6 is 0 Å². The average molecular weight is 462 g/mol. The summed E-state index contributed by atoms with van der Waals surface area (Å²) < 4.78 is 28.2. The molecular formula is C28H29F2N3O.